The molecule has 142 valence electrons. The molecule has 1 unspecified atom stereocenters. The maximum absolute atomic E-state index is 10.4. The average Bonchev–Trinajstić information content (AvgIpc) is 2.69. The molecule has 2 rings (SSSR count). The normalized spacial score (nSPS) is 11.8. The Balaban J connectivity index is 1.94. The lowest BCUT2D eigenvalue weighted by Gasteiger charge is -2.14. The molecule has 26 heavy (non-hydrogen) atoms. The summed E-state index contributed by atoms with van der Waals surface area (Å²) in [6.07, 6.45) is 0.685. The lowest BCUT2D eigenvalue weighted by molar-refractivity contribution is 0.0508. The zero-order valence-electron chi connectivity index (χ0n) is 15.4. The Kier molecular flexibility index (Phi) is 8.21. The number of aryl methyl sites for hydroxylation is 1. The van der Waals surface area contributed by atoms with Crippen molar-refractivity contribution in [1.29, 1.82) is 0 Å². The van der Waals surface area contributed by atoms with Crippen LogP contribution < -0.4 is 14.2 Å². The van der Waals surface area contributed by atoms with Crippen molar-refractivity contribution in [3.05, 3.63) is 53.6 Å². The maximum atomic E-state index is 10.4. The summed E-state index contributed by atoms with van der Waals surface area (Å²) in [5, 5.41) is 10.4. The molecule has 1 N–H and O–H groups in total. The average molecular weight is 362 g/mol. The Morgan fingerprint density at radius 2 is 1.46 bits per heavy atom. The SMILES string of the molecule is COCOc1ccc(C(O)CCc2ccc(OCOC)cc2OC)cc1. The van der Waals surface area contributed by atoms with Gasteiger partial charge >= 0.3 is 0 Å². The molecule has 0 bridgehead atoms. The highest BCUT2D eigenvalue weighted by atomic mass is 16.7. The van der Waals surface area contributed by atoms with Crippen LogP contribution in [0.15, 0.2) is 42.5 Å². The van der Waals surface area contributed by atoms with E-state index in [2.05, 4.69) is 0 Å². The number of hydrogen-bond acceptors (Lipinski definition) is 6. The topological polar surface area (TPSA) is 66.4 Å². The van der Waals surface area contributed by atoms with Gasteiger partial charge in [-0.15, -0.1) is 0 Å². The molecule has 2 aromatic carbocycles. The van der Waals surface area contributed by atoms with Crippen LogP contribution in [0.5, 0.6) is 17.2 Å². The molecule has 0 fully saturated rings. The van der Waals surface area contributed by atoms with E-state index in [1.54, 1.807) is 21.3 Å². The van der Waals surface area contributed by atoms with Gasteiger partial charge in [0.05, 0.1) is 13.2 Å². The number of ether oxygens (including phenoxy) is 5. The lowest BCUT2D eigenvalue weighted by atomic mass is 10.0. The Labute approximate surface area is 154 Å². The van der Waals surface area contributed by atoms with E-state index in [9.17, 15) is 5.11 Å². The number of methoxy groups -OCH3 is 3. The largest absolute Gasteiger partial charge is 0.496 e. The fourth-order valence-electron chi connectivity index (χ4n) is 2.52. The maximum Gasteiger partial charge on any atom is 0.188 e. The van der Waals surface area contributed by atoms with Gasteiger partial charge in [-0.25, -0.2) is 0 Å². The number of benzene rings is 2. The molecular formula is C20H26O6. The second kappa shape index (κ2) is 10.7. The van der Waals surface area contributed by atoms with Crippen LogP contribution in [0.25, 0.3) is 0 Å². The molecule has 1 atom stereocenters. The highest BCUT2D eigenvalue weighted by molar-refractivity contribution is 5.41. The van der Waals surface area contributed by atoms with Gasteiger partial charge in [0.25, 0.3) is 0 Å². The van der Waals surface area contributed by atoms with Crippen molar-refractivity contribution >= 4 is 0 Å². The van der Waals surface area contributed by atoms with Gasteiger partial charge in [-0.3, -0.25) is 0 Å². The van der Waals surface area contributed by atoms with E-state index >= 15 is 0 Å². The van der Waals surface area contributed by atoms with E-state index in [1.807, 2.05) is 42.5 Å². The Hall–Kier alpha value is -2.28. The van der Waals surface area contributed by atoms with Gasteiger partial charge < -0.3 is 28.8 Å². The van der Waals surface area contributed by atoms with Gasteiger partial charge in [0, 0.05) is 20.3 Å². The highest BCUT2D eigenvalue weighted by Gasteiger charge is 2.11. The van der Waals surface area contributed by atoms with E-state index < -0.39 is 6.10 Å². The van der Waals surface area contributed by atoms with Gasteiger partial charge in [0.2, 0.25) is 0 Å². The molecule has 0 aromatic heterocycles. The minimum Gasteiger partial charge on any atom is -0.496 e. The summed E-state index contributed by atoms with van der Waals surface area (Å²) in [6.45, 7) is 0.386. The third-order valence-electron chi connectivity index (χ3n) is 3.90. The molecule has 0 aliphatic carbocycles. The fourth-order valence-corrected chi connectivity index (χ4v) is 2.52. The monoisotopic (exact) mass is 362 g/mol. The first kappa shape index (κ1) is 20.0. The van der Waals surface area contributed by atoms with Gasteiger partial charge in [-0.1, -0.05) is 18.2 Å². The Morgan fingerprint density at radius 3 is 2.08 bits per heavy atom. The van der Waals surface area contributed by atoms with Crippen LogP contribution in [0.3, 0.4) is 0 Å². The predicted octanol–water partition coefficient (Wildman–Crippen LogP) is 3.33. The number of aliphatic hydroxyl groups excluding tert-OH is 1. The summed E-state index contributed by atoms with van der Waals surface area (Å²) >= 11 is 0. The van der Waals surface area contributed by atoms with Gasteiger partial charge in [-0.05, 0) is 42.2 Å². The van der Waals surface area contributed by atoms with Crippen molar-refractivity contribution in [2.45, 2.75) is 18.9 Å². The third-order valence-corrected chi connectivity index (χ3v) is 3.90. The molecule has 0 spiro atoms. The number of aliphatic hydroxyl groups is 1. The van der Waals surface area contributed by atoms with Crippen molar-refractivity contribution in [3.8, 4) is 17.2 Å². The first-order chi connectivity index (χ1) is 12.7. The summed E-state index contributed by atoms with van der Waals surface area (Å²) in [5.74, 6) is 2.12. The van der Waals surface area contributed by atoms with Gasteiger partial charge in [0.15, 0.2) is 13.6 Å². The summed E-state index contributed by atoms with van der Waals surface area (Å²) in [6, 6.07) is 13.0. The molecule has 0 amide bonds. The molecule has 0 saturated carbocycles. The zero-order chi connectivity index (χ0) is 18.8. The van der Waals surface area contributed by atoms with Crippen molar-refractivity contribution in [1.82, 2.24) is 0 Å². The quantitative estimate of drug-likeness (QED) is 0.619. The predicted molar refractivity (Wildman–Crippen MR) is 97.7 cm³/mol. The molecule has 2 aromatic rings. The zero-order valence-corrected chi connectivity index (χ0v) is 15.4. The van der Waals surface area contributed by atoms with Crippen LogP contribution in [0, 0.1) is 0 Å². The molecule has 0 radical (unpaired) electrons. The summed E-state index contributed by atoms with van der Waals surface area (Å²) in [4.78, 5) is 0. The van der Waals surface area contributed by atoms with Crippen molar-refractivity contribution in [2.24, 2.45) is 0 Å². The van der Waals surface area contributed by atoms with Gasteiger partial charge in [0.1, 0.15) is 17.2 Å². The molecule has 0 saturated heterocycles. The van der Waals surface area contributed by atoms with E-state index in [0.717, 1.165) is 16.9 Å². The van der Waals surface area contributed by atoms with E-state index in [1.165, 1.54) is 0 Å². The highest BCUT2D eigenvalue weighted by Crippen LogP contribution is 2.28. The first-order valence-corrected chi connectivity index (χ1v) is 8.36. The molecule has 0 heterocycles. The summed E-state index contributed by atoms with van der Waals surface area (Å²) < 4.78 is 25.9. The Bertz CT molecular complexity index is 656. The molecule has 6 heteroatoms. The van der Waals surface area contributed by atoms with E-state index in [4.69, 9.17) is 23.7 Å². The smallest absolute Gasteiger partial charge is 0.188 e. The van der Waals surface area contributed by atoms with Crippen LogP contribution in [0.2, 0.25) is 0 Å². The number of rotatable bonds is 11. The minimum atomic E-state index is -0.569. The van der Waals surface area contributed by atoms with Crippen LogP contribution in [0.1, 0.15) is 23.7 Å². The van der Waals surface area contributed by atoms with Crippen LogP contribution in [-0.2, 0) is 15.9 Å². The molecular weight excluding hydrogens is 336 g/mol. The van der Waals surface area contributed by atoms with Crippen molar-refractivity contribution < 1.29 is 28.8 Å². The third kappa shape index (κ3) is 5.91. The minimum absolute atomic E-state index is 0.186. The molecule has 0 aliphatic rings. The van der Waals surface area contributed by atoms with Crippen molar-refractivity contribution in [2.75, 3.05) is 34.9 Å². The summed E-state index contributed by atoms with van der Waals surface area (Å²) in [5.41, 5.74) is 1.85. The fraction of sp³-hybridized carbons (Fsp3) is 0.400. The standard InChI is InChI=1S/C20H26O6/c1-22-13-25-17-8-4-15(5-9-17)19(21)11-7-16-6-10-18(26-14-23-2)12-20(16)24-3/h4-6,8-10,12,19,21H,7,11,13-14H2,1-3H3. The second-order valence-corrected chi connectivity index (χ2v) is 5.70. The van der Waals surface area contributed by atoms with Crippen LogP contribution in [0.4, 0.5) is 0 Å². The number of hydrogen-bond donors (Lipinski definition) is 1. The lowest BCUT2D eigenvalue weighted by Crippen LogP contribution is -2.03. The molecule has 0 aliphatic heterocycles. The molecule has 6 nitrogen and oxygen atoms in total. The Morgan fingerprint density at radius 1 is 0.846 bits per heavy atom. The van der Waals surface area contributed by atoms with Gasteiger partial charge in [-0.2, -0.15) is 0 Å². The summed E-state index contributed by atoms with van der Waals surface area (Å²) in [7, 11) is 4.76. The van der Waals surface area contributed by atoms with Crippen LogP contribution in [-0.4, -0.2) is 40.0 Å². The first-order valence-electron chi connectivity index (χ1n) is 8.36. The van der Waals surface area contributed by atoms with Crippen molar-refractivity contribution in [3.63, 3.8) is 0 Å². The van der Waals surface area contributed by atoms with E-state index in [-0.39, 0.29) is 13.6 Å². The van der Waals surface area contributed by atoms with Crippen LogP contribution >= 0.6 is 0 Å². The second-order valence-electron chi connectivity index (χ2n) is 5.70. The van der Waals surface area contributed by atoms with E-state index in [0.29, 0.717) is 24.3 Å².